The number of carboxylic acid groups (broad SMARTS) is 1. The molecule has 1 aromatic carbocycles. The molecule has 2 amide bonds. The fourth-order valence-electron chi connectivity index (χ4n) is 1.75. The Bertz CT molecular complexity index is 649. The van der Waals surface area contributed by atoms with E-state index < -0.39 is 22.7 Å². The van der Waals surface area contributed by atoms with Crippen LogP contribution in [0.2, 0.25) is 0 Å². The van der Waals surface area contributed by atoms with Gasteiger partial charge in [0, 0.05) is 29.5 Å². The van der Waals surface area contributed by atoms with Gasteiger partial charge in [0.25, 0.3) is 11.6 Å². The van der Waals surface area contributed by atoms with E-state index in [0.29, 0.717) is 17.9 Å². The highest BCUT2D eigenvalue weighted by Gasteiger charge is 2.14. The molecule has 0 fully saturated rings. The van der Waals surface area contributed by atoms with Crippen LogP contribution in [0.5, 0.6) is 0 Å². The fraction of sp³-hybridized carbons (Fsp3) is 0.357. The summed E-state index contributed by atoms with van der Waals surface area (Å²) in [4.78, 5) is 43.9. The van der Waals surface area contributed by atoms with Crippen LogP contribution in [-0.2, 0) is 9.59 Å². The van der Waals surface area contributed by atoms with E-state index in [1.54, 1.807) is 0 Å². The van der Waals surface area contributed by atoms with Crippen molar-refractivity contribution in [3.05, 3.63) is 39.4 Å². The van der Waals surface area contributed by atoms with Crippen LogP contribution in [0, 0.1) is 17.0 Å². The highest BCUT2D eigenvalue weighted by molar-refractivity contribution is 7.99. The number of carboxylic acids is 1. The number of hydrogen-bond donors (Lipinski definition) is 3. The molecule has 3 N–H and O–H groups in total. The number of benzene rings is 1. The normalized spacial score (nSPS) is 10.0. The Morgan fingerprint density at radius 3 is 2.58 bits per heavy atom. The number of carbonyl (C=O) groups is 3. The van der Waals surface area contributed by atoms with E-state index in [1.165, 1.54) is 36.9 Å². The lowest BCUT2D eigenvalue weighted by Gasteiger charge is -2.07. The van der Waals surface area contributed by atoms with Crippen LogP contribution < -0.4 is 10.6 Å². The monoisotopic (exact) mass is 355 g/mol. The van der Waals surface area contributed by atoms with Crippen molar-refractivity contribution in [2.24, 2.45) is 0 Å². The number of thioether (sulfide) groups is 1. The third-order valence-corrected chi connectivity index (χ3v) is 3.80. The van der Waals surface area contributed by atoms with Crippen LogP contribution in [0.25, 0.3) is 0 Å². The van der Waals surface area contributed by atoms with E-state index in [1.807, 2.05) is 0 Å². The molecular formula is C14H17N3O6S. The number of nitro groups is 1. The number of rotatable bonds is 9. The quantitative estimate of drug-likeness (QED) is 0.334. The molecule has 1 aromatic rings. The standard InChI is InChI=1S/C14H17N3O6S/c1-9-6-10(2-3-11(9)17(22)23)14(21)16-7-12(18)15-4-5-24-8-13(19)20/h2-3,6H,4-5,7-8H2,1H3,(H,15,18)(H,16,21)(H,19,20). The topological polar surface area (TPSA) is 139 Å². The first-order valence-electron chi connectivity index (χ1n) is 6.90. The summed E-state index contributed by atoms with van der Waals surface area (Å²) in [5.41, 5.74) is 0.499. The molecular weight excluding hydrogens is 338 g/mol. The van der Waals surface area contributed by atoms with Gasteiger partial charge in [-0.15, -0.1) is 11.8 Å². The average molecular weight is 355 g/mol. The number of nitrogens with zero attached hydrogens (tertiary/aromatic N) is 1. The average Bonchev–Trinajstić information content (AvgIpc) is 2.51. The largest absolute Gasteiger partial charge is 0.481 e. The van der Waals surface area contributed by atoms with Gasteiger partial charge in [0.05, 0.1) is 17.2 Å². The predicted molar refractivity (Wildman–Crippen MR) is 88.1 cm³/mol. The second-order valence-electron chi connectivity index (χ2n) is 4.74. The van der Waals surface area contributed by atoms with Crippen molar-refractivity contribution in [2.45, 2.75) is 6.92 Å². The van der Waals surface area contributed by atoms with E-state index in [9.17, 15) is 24.5 Å². The van der Waals surface area contributed by atoms with Crippen LogP contribution >= 0.6 is 11.8 Å². The molecule has 1 rings (SSSR count). The Labute approximate surface area is 142 Å². The summed E-state index contributed by atoms with van der Waals surface area (Å²) in [5, 5.41) is 24.1. The van der Waals surface area contributed by atoms with Crippen LogP contribution in [0.1, 0.15) is 15.9 Å². The Hall–Kier alpha value is -2.62. The van der Waals surface area contributed by atoms with E-state index in [4.69, 9.17) is 5.11 Å². The number of aliphatic carboxylic acids is 1. The number of hydrogen-bond acceptors (Lipinski definition) is 6. The van der Waals surface area contributed by atoms with E-state index in [2.05, 4.69) is 10.6 Å². The minimum atomic E-state index is -0.919. The van der Waals surface area contributed by atoms with Gasteiger partial charge in [0.2, 0.25) is 5.91 Å². The Morgan fingerprint density at radius 2 is 2.00 bits per heavy atom. The van der Waals surface area contributed by atoms with Crippen molar-refractivity contribution in [3.8, 4) is 0 Å². The summed E-state index contributed by atoms with van der Waals surface area (Å²) >= 11 is 1.17. The summed E-state index contributed by atoms with van der Waals surface area (Å²) < 4.78 is 0. The SMILES string of the molecule is Cc1cc(C(=O)NCC(=O)NCCSCC(=O)O)ccc1[N+](=O)[O-]. The Kier molecular flexibility index (Phi) is 7.69. The molecule has 0 aliphatic rings. The van der Waals surface area contributed by atoms with E-state index in [-0.39, 0.29) is 23.5 Å². The van der Waals surface area contributed by atoms with Crippen molar-refractivity contribution in [3.63, 3.8) is 0 Å². The molecule has 9 nitrogen and oxygen atoms in total. The number of nitrogens with one attached hydrogen (secondary N) is 2. The van der Waals surface area contributed by atoms with Gasteiger partial charge in [-0.05, 0) is 19.1 Å². The molecule has 0 aromatic heterocycles. The van der Waals surface area contributed by atoms with Crippen molar-refractivity contribution in [2.75, 3.05) is 24.6 Å². The summed E-state index contributed by atoms with van der Waals surface area (Å²) in [6, 6.07) is 3.94. The van der Waals surface area contributed by atoms with Crippen molar-refractivity contribution in [1.82, 2.24) is 10.6 Å². The number of aryl methyl sites for hydroxylation is 1. The third kappa shape index (κ3) is 6.65. The molecule has 0 saturated heterocycles. The molecule has 0 unspecified atom stereocenters. The van der Waals surface area contributed by atoms with Gasteiger partial charge in [-0.2, -0.15) is 0 Å². The zero-order valence-corrected chi connectivity index (χ0v) is 13.7. The summed E-state index contributed by atoms with van der Waals surface area (Å²) in [6.45, 7) is 1.58. The maximum atomic E-state index is 11.9. The highest BCUT2D eigenvalue weighted by atomic mass is 32.2. The summed E-state index contributed by atoms with van der Waals surface area (Å²) in [5.74, 6) is -1.42. The molecule has 0 aliphatic carbocycles. The van der Waals surface area contributed by atoms with Gasteiger partial charge in [-0.1, -0.05) is 0 Å². The van der Waals surface area contributed by atoms with Gasteiger partial charge in [-0.3, -0.25) is 24.5 Å². The molecule has 0 bridgehead atoms. The van der Waals surface area contributed by atoms with Crippen molar-refractivity contribution < 1.29 is 24.4 Å². The Balaban J connectivity index is 2.37. The van der Waals surface area contributed by atoms with E-state index in [0.717, 1.165) is 0 Å². The van der Waals surface area contributed by atoms with Gasteiger partial charge in [0.15, 0.2) is 0 Å². The van der Waals surface area contributed by atoms with Gasteiger partial charge in [0.1, 0.15) is 0 Å². The maximum absolute atomic E-state index is 11.9. The minimum Gasteiger partial charge on any atom is -0.481 e. The van der Waals surface area contributed by atoms with Gasteiger partial charge >= 0.3 is 5.97 Å². The van der Waals surface area contributed by atoms with Crippen molar-refractivity contribution >= 4 is 35.2 Å². The first kappa shape index (κ1) is 19.4. The smallest absolute Gasteiger partial charge is 0.313 e. The second-order valence-corrected chi connectivity index (χ2v) is 5.84. The molecule has 0 heterocycles. The lowest BCUT2D eigenvalue weighted by molar-refractivity contribution is -0.385. The predicted octanol–water partition coefficient (Wildman–Crippen LogP) is 0.567. The van der Waals surface area contributed by atoms with E-state index >= 15 is 0 Å². The third-order valence-electron chi connectivity index (χ3n) is 2.86. The van der Waals surface area contributed by atoms with Crippen LogP contribution in [0.4, 0.5) is 5.69 Å². The van der Waals surface area contributed by atoms with Gasteiger partial charge < -0.3 is 15.7 Å². The van der Waals surface area contributed by atoms with Crippen molar-refractivity contribution in [1.29, 1.82) is 0 Å². The van der Waals surface area contributed by atoms with Gasteiger partial charge in [-0.25, -0.2) is 0 Å². The molecule has 24 heavy (non-hydrogen) atoms. The molecule has 0 saturated carbocycles. The number of amides is 2. The maximum Gasteiger partial charge on any atom is 0.313 e. The summed E-state index contributed by atoms with van der Waals surface area (Å²) in [6.07, 6.45) is 0. The fourth-order valence-corrected chi connectivity index (χ4v) is 2.31. The minimum absolute atomic E-state index is 0.0356. The molecule has 0 spiro atoms. The highest BCUT2D eigenvalue weighted by Crippen LogP contribution is 2.18. The second kappa shape index (κ2) is 9.50. The van der Waals surface area contributed by atoms with Crippen LogP contribution in [-0.4, -0.2) is 52.4 Å². The lowest BCUT2D eigenvalue weighted by Crippen LogP contribution is -2.37. The molecule has 0 aliphatic heterocycles. The molecule has 10 heteroatoms. The number of carbonyl (C=O) groups excluding carboxylic acids is 2. The molecule has 0 radical (unpaired) electrons. The zero-order valence-electron chi connectivity index (χ0n) is 12.9. The summed E-state index contributed by atoms with van der Waals surface area (Å²) in [7, 11) is 0. The number of nitro benzene ring substituents is 1. The van der Waals surface area contributed by atoms with Crippen LogP contribution in [0.3, 0.4) is 0 Å². The zero-order chi connectivity index (χ0) is 18.1. The first-order chi connectivity index (χ1) is 11.3. The molecule has 0 atom stereocenters. The Morgan fingerprint density at radius 1 is 1.29 bits per heavy atom. The molecule has 130 valence electrons. The van der Waals surface area contributed by atoms with Crippen LogP contribution in [0.15, 0.2) is 18.2 Å². The lowest BCUT2D eigenvalue weighted by atomic mass is 10.1. The first-order valence-corrected chi connectivity index (χ1v) is 8.06.